The minimum Gasteiger partial charge on any atom is -0.309 e. The monoisotopic (exact) mass is 350 g/mol. The van der Waals surface area contributed by atoms with Gasteiger partial charge in [0.05, 0.1) is 4.90 Å². The maximum Gasteiger partial charge on any atom is 0.240 e. The van der Waals surface area contributed by atoms with Crippen LogP contribution in [0.1, 0.15) is 52.0 Å². The Labute approximate surface area is 144 Å². The molecule has 0 spiro atoms. The molecule has 6 heteroatoms. The highest BCUT2D eigenvalue weighted by atomic mass is 32.2. The van der Waals surface area contributed by atoms with Gasteiger partial charge in [-0.2, -0.15) is 0 Å². The minimum atomic E-state index is -3.52. The normalized spacial score (nSPS) is 27.1. The van der Waals surface area contributed by atoms with Crippen LogP contribution in [0.4, 0.5) is 5.69 Å². The first kappa shape index (κ1) is 17.4. The number of carbonyl (C=O) groups excluding carboxylic acids is 1. The molecule has 1 fully saturated rings. The zero-order valence-corrected chi connectivity index (χ0v) is 15.4. The van der Waals surface area contributed by atoms with Crippen LogP contribution in [0.3, 0.4) is 0 Å². The van der Waals surface area contributed by atoms with Gasteiger partial charge in [0.25, 0.3) is 0 Å². The first-order chi connectivity index (χ1) is 11.3. The summed E-state index contributed by atoms with van der Waals surface area (Å²) in [5, 5.41) is 0. The molecule has 1 heterocycles. The van der Waals surface area contributed by atoms with Crippen molar-refractivity contribution in [2.75, 3.05) is 4.90 Å². The molecule has 3 unspecified atom stereocenters. The lowest BCUT2D eigenvalue weighted by Gasteiger charge is -2.29. The first-order valence-corrected chi connectivity index (χ1v) is 10.2. The van der Waals surface area contributed by atoms with Crippen LogP contribution >= 0.6 is 0 Å². The number of nitrogens with zero attached hydrogens (tertiary/aromatic N) is 1. The number of fused-ring (bicyclic) bond motifs is 1. The highest BCUT2D eigenvalue weighted by molar-refractivity contribution is 7.89. The molecule has 1 aliphatic heterocycles. The topological polar surface area (TPSA) is 66.5 Å². The van der Waals surface area contributed by atoms with Crippen molar-refractivity contribution in [2.45, 2.75) is 69.9 Å². The van der Waals surface area contributed by atoms with Crippen LogP contribution in [0.2, 0.25) is 0 Å². The van der Waals surface area contributed by atoms with Gasteiger partial charge in [0.2, 0.25) is 15.9 Å². The predicted octanol–water partition coefficient (Wildman–Crippen LogP) is 2.84. The van der Waals surface area contributed by atoms with Crippen molar-refractivity contribution in [3.8, 4) is 0 Å². The van der Waals surface area contributed by atoms with Gasteiger partial charge in [-0.05, 0) is 55.9 Å². The molecule has 1 aliphatic carbocycles. The second-order valence-corrected chi connectivity index (χ2v) is 8.94. The summed E-state index contributed by atoms with van der Waals surface area (Å²) in [6.07, 6.45) is 4.92. The number of nitrogens with one attached hydrogen (secondary N) is 1. The molecule has 1 aromatic rings. The Hall–Kier alpha value is -1.40. The van der Waals surface area contributed by atoms with Crippen LogP contribution in [-0.4, -0.2) is 26.4 Å². The summed E-state index contributed by atoms with van der Waals surface area (Å²) >= 11 is 0. The number of hydrogen-bond acceptors (Lipinski definition) is 3. The quantitative estimate of drug-likeness (QED) is 0.911. The Kier molecular flexibility index (Phi) is 4.71. The minimum absolute atomic E-state index is 0.00832. The molecule has 0 radical (unpaired) electrons. The molecule has 0 bridgehead atoms. The fraction of sp³-hybridized carbons (Fsp3) is 0.611. The highest BCUT2D eigenvalue weighted by Gasteiger charge is 2.31. The molecule has 24 heavy (non-hydrogen) atoms. The standard InChI is InChI=1S/C18H26N2O3S/c1-12-6-4-5-7-17(12)19-24(22,23)16-8-9-18-15(11-16)10-13(2)20(18)14(3)21/h8-9,11-13,17,19H,4-7,10H2,1-3H3. The van der Waals surface area contributed by atoms with Crippen LogP contribution in [0.5, 0.6) is 0 Å². The van der Waals surface area contributed by atoms with E-state index in [0.29, 0.717) is 17.2 Å². The van der Waals surface area contributed by atoms with Crippen molar-refractivity contribution in [2.24, 2.45) is 5.92 Å². The third-order valence-corrected chi connectivity index (χ3v) is 6.82. The Balaban J connectivity index is 1.85. The van der Waals surface area contributed by atoms with E-state index in [9.17, 15) is 13.2 Å². The summed E-state index contributed by atoms with van der Waals surface area (Å²) < 4.78 is 28.4. The van der Waals surface area contributed by atoms with Gasteiger partial charge < -0.3 is 4.90 Å². The largest absolute Gasteiger partial charge is 0.309 e. The average molecular weight is 350 g/mol. The van der Waals surface area contributed by atoms with Crippen LogP contribution in [0.25, 0.3) is 0 Å². The summed E-state index contributed by atoms with van der Waals surface area (Å²) in [6.45, 7) is 5.64. The Morgan fingerprint density at radius 1 is 1.21 bits per heavy atom. The van der Waals surface area contributed by atoms with Crippen molar-refractivity contribution in [1.82, 2.24) is 4.72 Å². The van der Waals surface area contributed by atoms with Gasteiger partial charge >= 0.3 is 0 Å². The summed E-state index contributed by atoms with van der Waals surface area (Å²) in [6, 6.07) is 5.19. The van der Waals surface area contributed by atoms with Crippen molar-refractivity contribution in [3.05, 3.63) is 23.8 Å². The van der Waals surface area contributed by atoms with E-state index in [1.54, 1.807) is 30.0 Å². The van der Waals surface area contributed by atoms with Crippen LogP contribution in [0, 0.1) is 5.92 Å². The van der Waals surface area contributed by atoms with E-state index in [1.807, 2.05) is 6.92 Å². The van der Waals surface area contributed by atoms with Crippen molar-refractivity contribution < 1.29 is 13.2 Å². The molecule has 1 amide bonds. The first-order valence-electron chi connectivity index (χ1n) is 8.74. The summed E-state index contributed by atoms with van der Waals surface area (Å²) in [4.78, 5) is 13.8. The summed E-state index contributed by atoms with van der Waals surface area (Å²) in [7, 11) is -3.52. The third-order valence-electron chi connectivity index (χ3n) is 5.33. The fourth-order valence-corrected chi connectivity index (χ4v) is 5.44. The number of carbonyl (C=O) groups is 1. The van der Waals surface area contributed by atoms with E-state index in [4.69, 9.17) is 0 Å². The van der Waals surface area contributed by atoms with Gasteiger partial charge in [-0.25, -0.2) is 13.1 Å². The van der Waals surface area contributed by atoms with Crippen molar-refractivity contribution in [1.29, 1.82) is 0 Å². The van der Waals surface area contributed by atoms with E-state index in [0.717, 1.165) is 30.5 Å². The van der Waals surface area contributed by atoms with Crippen LogP contribution in [-0.2, 0) is 21.2 Å². The molecule has 2 aliphatic rings. The van der Waals surface area contributed by atoms with Gasteiger partial charge in [0.15, 0.2) is 0 Å². The third kappa shape index (κ3) is 3.22. The molecule has 0 aromatic heterocycles. The fourth-order valence-electron chi connectivity index (χ4n) is 4.01. The Morgan fingerprint density at radius 2 is 1.92 bits per heavy atom. The second-order valence-electron chi connectivity index (χ2n) is 7.22. The molecule has 3 atom stereocenters. The smallest absolute Gasteiger partial charge is 0.240 e. The molecular weight excluding hydrogens is 324 g/mol. The molecular formula is C18H26N2O3S. The molecule has 1 saturated carbocycles. The van der Waals surface area contributed by atoms with Crippen molar-refractivity contribution in [3.63, 3.8) is 0 Å². The van der Waals surface area contributed by atoms with Gasteiger partial charge in [0.1, 0.15) is 0 Å². The highest BCUT2D eigenvalue weighted by Crippen LogP contribution is 2.34. The van der Waals surface area contributed by atoms with Crippen LogP contribution in [0.15, 0.2) is 23.1 Å². The van der Waals surface area contributed by atoms with Gasteiger partial charge in [-0.15, -0.1) is 0 Å². The van der Waals surface area contributed by atoms with E-state index in [1.165, 1.54) is 6.42 Å². The SMILES string of the molecule is CC(=O)N1c2ccc(S(=O)(=O)NC3CCCCC3C)cc2CC1C. The molecule has 5 nitrogen and oxygen atoms in total. The van der Waals surface area contributed by atoms with Gasteiger partial charge in [-0.1, -0.05) is 19.8 Å². The van der Waals surface area contributed by atoms with E-state index < -0.39 is 10.0 Å². The number of sulfonamides is 1. The maximum absolute atomic E-state index is 12.8. The number of hydrogen-bond donors (Lipinski definition) is 1. The Morgan fingerprint density at radius 3 is 2.58 bits per heavy atom. The molecule has 1 N–H and O–H groups in total. The zero-order chi connectivity index (χ0) is 17.5. The number of amides is 1. The maximum atomic E-state index is 12.8. The number of rotatable bonds is 3. The predicted molar refractivity (Wildman–Crippen MR) is 94.5 cm³/mol. The lowest BCUT2D eigenvalue weighted by atomic mass is 9.87. The van der Waals surface area contributed by atoms with E-state index in [2.05, 4.69) is 11.6 Å². The number of benzene rings is 1. The summed E-state index contributed by atoms with van der Waals surface area (Å²) in [5.41, 5.74) is 1.76. The molecule has 0 saturated heterocycles. The number of anilines is 1. The molecule has 3 rings (SSSR count). The molecule has 132 valence electrons. The lowest BCUT2D eigenvalue weighted by Crippen LogP contribution is -2.41. The molecule has 1 aromatic carbocycles. The van der Waals surface area contributed by atoms with Gasteiger partial charge in [-0.3, -0.25) is 4.79 Å². The van der Waals surface area contributed by atoms with Crippen molar-refractivity contribution >= 4 is 21.6 Å². The van der Waals surface area contributed by atoms with Gasteiger partial charge in [0, 0.05) is 24.7 Å². The van der Waals surface area contributed by atoms with E-state index in [-0.39, 0.29) is 18.0 Å². The Bertz CT molecular complexity index is 745. The zero-order valence-electron chi connectivity index (χ0n) is 14.6. The average Bonchev–Trinajstić information content (AvgIpc) is 2.84. The van der Waals surface area contributed by atoms with E-state index >= 15 is 0 Å². The lowest BCUT2D eigenvalue weighted by molar-refractivity contribution is -0.116. The van der Waals surface area contributed by atoms with Crippen LogP contribution < -0.4 is 9.62 Å². The second kappa shape index (κ2) is 6.48. The summed E-state index contributed by atoms with van der Waals surface area (Å²) in [5.74, 6) is 0.363.